The monoisotopic (exact) mass is 415 g/mol. The van der Waals surface area contributed by atoms with Gasteiger partial charge in [-0.15, -0.1) is 11.3 Å². The van der Waals surface area contributed by atoms with Crippen LogP contribution in [0.5, 0.6) is 5.75 Å². The van der Waals surface area contributed by atoms with E-state index in [1.165, 1.54) is 23.5 Å². The Labute approximate surface area is 172 Å². The lowest BCUT2D eigenvalue weighted by atomic mass is 10.1. The number of hydrogen-bond acceptors (Lipinski definition) is 6. The van der Waals surface area contributed by atoms with Crippen LogP contribution in [-0.4, -0.2) is 50.8 Å². The third kappa shape index (κ3) is 4.33. The first kappa shape index (κ1) is 19.6. The molecule has 1 N–H and O–H groups in total. The summed E-state index contributed by atoms with van der Waals surface area (Å²) in [4.78, 5) is 19.4. The Morgan fingerprint density at radius 1 is 1.31 bits per heavy atom. The normalized spacial score (nSPS) is 14.2. The van der Waals surface area contributed by atoms with E-state index in [2.05, 4.69) is 15.2 Å². The summed E-state index contributed by atoms with van der Waals surface area (Å²) >= 11 is 1.36. The molecule has 1 amide bonds. The summed E-state index contributed by atoms with van der Waals surface area (Å²) in [6, 6.07) is 10.3. The average Bonchev–Trinajstić information content (AvgIpc) is 3.19. The first-order valence-corrected chi connectivity index (χ1v) is 10.3. The number of halogens is 1. The Kier molecular flexibility index (Phi) is 5.92. The Bertz CT molecular complexity index is 1020. The van der Waals surface area contributed by atoms with Gasteiger partial charge in [-0.3, -0.25) is 4.79 Å². The molecule has 6 nitrogen and oxygen atoms in total. The highest BCUT2D eigenvalue weighted by Gasteiger charge is 2.21. The molecule has 1 aliphatic heterocycles. The summed E-state index contributed by atoms with van der Waals surface area (Å²) < 4.78 is 25.1. The van der Waals surface area contributed by atoms with Gasteiger partial charge < -0.3 is 19.7 Å². The maximum atomic E-state index is 13.3. The number of ether oxygens (including phenoxy) is 2. The Balaban J connectivity index is 1.53. The topological polar surface area (TPSA) is 63.7 Å². The van der Waals surface area contributed by atoms with Crippen molar-refractivity contribution in [2.24, 2.45) is 0 Å². The van der Waals surface area contributed by atoms with Crippen LogP contribution in [0.4, 0.5) is 10.1 Å². The quantitative estimate of drug-likeness (QED) is 0.670. The van der Waals surface area contributed by atoms with Gasteiger partial charge in [0.05, 0.1) is 30.7 Å². The van der Waals surface area contributed by atoms with Gasteiger partial charge in [-0.05, 0) is 36.2 Å². The number of anilines is 1. The number of aromatic nitrogens is 1. The zero-order valence-corrected chi connectivity index (χ0v) is 16.9. The van der Waals surface area contributed by atoms with Crippen molar-refractivity contribution in [3.05, 3.63) is 52.8 Å². The summed E-state index contributed by atoms with van der Waals surface area (Å²) in [5.41, 5.74) is 2.57. The van der Waals surface area contributed by atoms with Crippen LogP contribution in [0.3, 0.4) is 0 Å². The van der Waals surface area contributed by atoms with E-state index in [1.807, 2.05) is 18.2 Å². The number of benzene rings is 2. The van der Waals surface area contributed by atoms with Gasteiger partial charge in [0.2, 0.25) is 0 Å². The Hall–Kier alpha value is -2.71. The highest BCUT2D eigenvalue weighted by Crippen LogP contribution is 2.37. The molecule has 152 valence electrons. The van der Waals surface area contributed by atoms with Crippen molar-refractivity contribution in [3.8, 4) is 5.75 Å². The van der Waals surface area contributed by atoms with Crippen LogP contribution in [0.15, 0.2) is 36.4 Å². The third-order valence-electron chi connectivity index (χ3n) is 4.84. The molecule has 0 radical (unpaired) electrons. The molecule has 0 bridgehead atoms. The second-order valence-electron chi connectivity index (χ2n) is 6.72. The van der Waals surface area contributed by atoms with Crippen LogP contribution in [0, 0.1) is 5.82 Å². The van der Waals surface area contributed by atoms with E-state index in [0.717, 1.165) is 29.0 Å². The highest BCUT2D eigenvalue weighted by molar-refractivity contribution is 7.21. The first-order valence-electron chi connectivity index (χ1n) is 9.48. The maximum Gasteiger partial charge on any atom is 0.280 e. The fraction of sp³-hybridized carbons (Fsp3) is 0.333. The van der Waals surface area contributed by atoms with Gasteiger partial charge in [-0.1, -0.05) is 12.1 Å². The van der Waals surface area contributed by atoms with Gasteiger partial charge >= 0.3 is 0 Å². The van der Waals surface area contributed by atoms with Crippen LogP contribution in [0.25, 0.3) is 10.2 Å². The summed E-state index contributed by atoms with van der Waals surface area (Å²) in [6.45, 7) is 3.37. The second-order valence-corrected chi connectivity index (χ2v) is 7.72. The van der Waals surface area contributed by atoms with E-state index < -0.39 is 0 Å². The molecule has 2 heterocycles. The van der Waals surface area contributed by atoms with Gasteiger partial charge in [0.15, 0.2) is 5.01 Å². The van der Waals surface area contributed by atoms with Crippen LogP contribution in [0.1, 0.15) is 15.4 Å². The minimum atomic E-state index is -0.275. The number of nitrogens with zero attached hydrogens (tertiary/aromatic N) is 2. The minimum Gasteiger partial charge on any atom is -0.494 e. The molecule has 1 aromatic heterocycles. The van der Waals surface area contributed by atoms with Crippen molar-refractivity contribution in [1.82, 2.24) is 10.3 Å². The van der Waals surface area contributed by atoms with Crippen LogP contribution < -0.4 is 15.0 Å². The number of nitrogens with one attached hydrogen (secondary N) is 1. The molecule has 1 fully saturated rings. The van der Waals surface area contributed by atoms with Crippen molar-refractivity contribution in [1.29, 1.82) is 0 Å². The van der Waals surface area contributed by atoms with Gasteiger partial charge in [0, 0.05) is 19.6 Å². The van der Waals surface area contributed by atoms with Crippen LogP contribution >= 0.6 is 11.3 Å². The fourth-order valence-electron chi connectivity index (χ4n) is 3.37. The zero-order valence-electron chi connectivity index (χ0n) is 16.1. The number of amides is 1. The lowest BCUT2D eigenvalue weighted by molar-refractivity contribution is 0.0954. The van der Waals surface area contributed by atoms with E-state index >= 15 is 0 Å². The van der Waals surface area contributed by atoms with Crippen LogP contribution in [-0.2, 0) is 11.2 Å². The molecular weight excluding hydrogens is 393 g/mol. The second kappa shape index (κ2) is 8.75. The molecule has 0 spiro atoms. The van der Waals surface area contributed by atoms with Gasteiger partial charge in [-0.25, -0.2) is 9.37 Å². The first-order chi connectivity index (χ1) is 14.2. The summed E-state index contributed by atoms with van der Waals surface area (Å²) in [5.74, 6) is 0.132. The summed E-state index contributed by atoms with van der Waals surface area (Å²) in [5, 5.41) is 3.26. The van der Waals surface area contributed by atoms with Gasteiger partial charge in [0.1, 0.15) is 17.1 Å². The largest absolute Gasteiger partial charge is 0.494 e. The highest BCUT2D eigenvalue weighted by atomic mass is 32.1. The van der Waals surface area contributed by atoms with Gasteiger partial charge in [-0.2, -0.15) is 0 Å². The average molecular weight is 415 g/mol. The third-order valence-corrected chi connectivity index (χ3v) is 5.92. The van der Waals surface area contributed by atoms with Crippen molar-refractivity contribution in [2.45, 2.75) is 6.42 Å². The predicted octanol–water partition coefficient (Wildman–Crippen LogP) is 3.25. The SMILES string of the molecule is COc1ccc(N2CCOCC2)c2sc(C(=O)NCCc3cccc(F)c3)nc12. The molecule has 1 aliphatic rings. The van der Waals surface area contributed by atoms with E-state index in [0.29, 0.717) is 42.5 Å². The number of thiazole rings is 1. The van der Waals surface area contributed by atoms with Crippen molar-refractivity contribution < 1.29 is 18.7 Å². The standard InChI is InChI=1S/C21H22FN3O3S/c1-27-17-6-5-16(25-9-11-28-12-10-25)19-18(17)24-21(29-19)20(26)23-8-7-14-3-2-4-15(22)13-14/h2-6,13H,7-12H2,1H3,(H,23,26). The van der Waals surface area contributed by atoms with Crippen LogP contribution in [0.2, 0.25) is 0 Å². The number of hydrogen-bond donors (Lipinski definition) is 1. The molecule has 8 heteroatoms. The molecule has 0 aliphatic carbocycles. The summed E-state index contributed by atoms with van der Waals surface area (Å²) in [7, 11) is 1.60. The Morgan fingerprint density at radius 2 is 2.14 bits per heavy atom. The molecule has 2 aromatic carbocycles. The van der Waals surface area contributed by atoms with Crippen molar-refractivity contribution >= 4 is 33.1 Å². The fourth-order valence-corrected chi connectivity index (χ4v) is 4.41. The summed E-state index contributed by atoms with van der Waals surface area (Å²) in [6.07, 6.45) is 0.552. The number of rotatable bonds is 6. The Morgan fingerprint density at radius 3 is 2.90 bits per heavy atom. The maximum absolute atomic E-state index is 13.3. The van der Waals surface area contributed by atoms with E-state index in [9.17, 15) is 9.18 Å². The molecule has 3 aromatic rings. The van der Waals surface area contributed by atoms with E-state index in [4.69, 9.17) is 9.47 Å². The smallest absolute Gasteiger partial charge is 0.280 e. The molecule has 4 rings (SSSR count). The number of fused-ring (bicyclic) bond motifs is 1. The van der Waals surface area contributed by atoms with E-state index in [-0.39, 0.29) is 11.7 Å². The molecular formula is C21H22FN3O3S. The lowest BCUT2D eigenvalue weighted by Gasteiger charge is -2.29. The molecule has 0 atom stereocenters. The van der Waals surface area contributed by atoms with Gasteiger partial charge in [0.25, 0.3) is 5.91 Å². The molecule has 0 unspecified atom stereocenters. The number of carbonyl (C=O) groups excluding carboxylic acids is 1. The minimum absolute atomic E-state index is 0.238. The zero-order chi connectivity index (χ0) is 20.2. The molecule has 1 saturated heterocycles. The van der Waals surface area contributed by atoms with Crippen molar-refractivity contribution in [2.75, 3.05) is 44.9 Å². The predicted molar refractivity (Wildman–Crippen MR) is 112 cm³/mol. The lowest BCUT2D eigenvalue weighted by Crippen LogP contribution is -2.36. The van der Waals surface area contributed by atoms with E-state index in [1.54, 1.807) is 13.2 Å². The van der Waals surface area contributed by atoms with Crippen molar-refractivity contribution in [3.63, 3.8) is 0 Å². The molecule has 0 saturated carbocycles. The number of carbonyl (C=O) groups is 1. The molecule has 29 heavy (non-hydrogen) atoms. The number of methoxy groups -OCH3 is 1. The number of morpholine rings is 1.